The van der Waals surface area contributed by atoms with Gasteiger partial charge in [-0.15, -0.1) is 0 Å². The summed E-state index contributed by atoms with van der Waals surface area (Å²) in [6, 6.07) is 15.2. The highest BCUT2D eigenvalue weighted by molar-refractivity contribution is 6.09. The average Bonchev–Trinajstić information content (AvgIpc) is 3.35. The van der Waals surface area contributed by atoms with Gasteiger partial charge in [-0.05, 0) is 24.1 Å². The van der Waals surface area contributed by atoms with Crippen LogP contribution in [0.2, 0.25) is 0 Å². The highest BCUT2D eigenvalue weighted by Gasteiger charge is 2.37. The van der Waals surface area contributed by atoms with Crippen molar-refractivity contribution < 1.29 is 19.1 Å². The van der Waals surface area contributed by atoms with Crippen LogP contribution in [0.3, 0.4) is 0 Å². The second-order valence-corrected chi connectivity index (χ2v) is 7.17. The van der Waals surface area contributed by atoms with Gasteiger partial charge in [-0.1, -0.05) is 43.3 Å². The van der Waals surface area contributed by atoms with E-state index >= 15 is 0 Å². The number of nitrogens with zero attached hydrogens (tertiary/aromatic N) is 1. The molecule has 6 nitrogen and oxygen atoms in total. The first-order valence-electron chi connectivity index (χ1n) is 9.72. The Morgan fingerprint density at radius 2 is 1.90 bits per heavy atom. The molecular formula is C23H22N2O4. The number of aromatic nitrogens is 1. The van der Waals surface area contributed by atoms with Crippen molar-refractivity contribution in [3.05, 3.63) is 65.9 Å². The predicted octanol–water partition coefficient (Wildman–Crippen LogP) is 3.51. The predicted molar refractivity (Wildman–Crippen MR) is 110 cm³/mol. The third-order valence-corrected chi connectivity index (χ3v) is 5.36. The van der Waals surface area contributed by atoms with Gasteiger partial charge in [0.25, 0.3) is 0 Å². The fourth-order valence-electron chi connectivity index (χ4n) is 3.81. The minimum Gasteiger partial charge on any atom is -0.457 e. The number of fused-ring (bicyclic) bond motifs is 1. The van der Waals surface area contributed by atoms with Crippen molar-refractivity contribution in [1.29, 1.82) is 0 Å². The molecule has 29 heavy (non-hydrogen) atoms. The quantitative estimate of drug-likeness (QED) is 0.516. The number of amides is 1. The van der Waals surface area contributed by atoms with Crippen molar-refractivity contribution in [3.63, 3.8) is 0 Å². The lowest BCUT2D eigenvalue weighted by atomic mass is 10.1. The van der Waals surface area contributed by atoms with Gasteiger partial charge in [-0.3, -0.25) is 14.4 Å². The summed E-state index contributed by atoms with van der Waals surface area (Å²) in [7, 11) is 0. The third kappa shape index (κ3) is 3.66. The smallest absolute Gasteiger partial charge is 0.311 e. The standard InChI is InChI=1S/C23H22N2O4/c1-2-15-7-3-6-10-20(15)25-13-16(11-22(25)27)23(28)29-14-21(26)18-12-24-19-9-5-4-8-17(18)19/h3-10,12,16,24H,2,11,13-14H2,1H3/t16-/m1/s1. The van der Waals surface area contributed by atoms with Crippen molar-refractivity contribution in [1.82, 2.24) is 4.98 Å². The zero-order valence-electron chi connectivity index (χ0n) is 16.2. The molecule has 1 aliphatic heterocycles. The van der Waals surface area contributed by atoms with E-state index < -0.39 is 11.9 Å². The van der Waals surface area contributed by atoms with Crippen LogP contribution in [0.5, 0.6) is 0 Å². The maximum Gasteiger partial charge on any atom is 0.311 e. The number of benzene rings is 2. The number of esters is 1. The lowest BCUT2D eigenvalue weighted by Crippen LogP contribution is -2.28. The van der Waals surface area contributed by atoms with Gasteiger partial charge in [0.15, 0.2) is 6.61 Å². The molecule has 1 amide bonds. The summed E-state index contributed by atoms with van der Waals surface area (Å²) in [6.07, 6.45) is 2.52. The zero-order valence-corrected chi connectivity index (χ0v) is 16.2. The topological polar surface area (TPSA) is 79.5 Å². The van der Waals surface area contributed by atoms with Crippen LogP contribution in [0.4, 0.5) is 5.69 Å². The number of Topliss-reactive ketones (excluding diaryl/α,β-unsaturated/α-hetero) is 1. The van der Waals surface area contributed by atoms with Crippen molar-refractivity contribution in [3.8, 4) is 0 Å². The number of H-pyrrole nitrogens is 1. The monoisotopic (exact) mass is 390 g/mol. The molecule has 1 fully saturated rings. The second kappa shape index (κ2) is 7.91. The number of aromatic amines is 1. The summed E-state index contributed by atoms with van der Waals surface area (Å²) in [5, 5.41) is 0.798. The molecule has 1 aliphatic rings. The number of anilines is 1. The summed E-state index contributed by atoms with van der Waals surface area (Å²) in [5.41, 5.74) is 3.25. The Labute approximate surface area is 168 Å². The molecule has 0 bridgehead atoms. The Bertz CT molecular complexity index is 1090. The van der Waals surface area contributed by atoms with E-state index in [0.717, 1.165) is 28.6 Å². The molecule has 148 valence electrons. The van der Waals surface area contributed by atoms with Crippen molar-refractivity contribution in [2.45, 2.75) is 19.8 Å². The number of aryl methyl sites for hydroxylation is 1. The fraction of sp³-hybridized carbons (Fsp3) is 0.261. The van der Waals surface area contributed by atoms with E-state index in [1.165, 1.54) is 0 Å². The van der Waals surface area contributed by atoms with Gasteiger partial charge < -0.3 is 14.6 Å². The molecule has 1 atom stereocenters. The van der Waals surface area contributed by atoms with Crippen LogP contribution in [0.1, 0.15) is 29.3 Å². The molecule has 0 radical (unpaired) electrons. The summed E-state index contributed by atoms with van der Waals surface area (Å²) < 4.78 is 5.27. The largest absolute Gasteiger partial charge is 0.457 e. The van der Waals surface area contributed by atoms with E-state index in [9.17, 15) is 14.4 Å². The maximum absolute atomic E-state index is 12.5. The number of carbonyl (C=O) groups is 3. The van der Waals surface area contributed by atoms with Crippen molar-refractivity contribution in [2.75, 3.05) is 18.1 Å². The van der Waals surface area contributed by atoms with Crippen molar-refractivity contribution >= 4 is 34.3 Å². The van der Waals surface area contributed by atoms with Crippen LogP contribution in [0.15, 0.2) is 54.7 Å². The SMILES string of the molecule is CCc1ccccc1N1C[C@H](C(=O)OCC(=O)c2c[nH]c3ccccc23)CC1=O. The molecule has 6 heteroatoms. The van der Waals surface area contributed by atoms with E-state index in [1.54, 1.807) is 11.1 Å². The summed E-state index contributed by atoms with van der Waals surface area (Å²) >= 11 is 0. The molecule has 0 saturated carbocycles. The Balaban J connectivity index is 1.40. The summed E-state index contributed by atoms with van der Waals surface area (Å²) in [4.78, 5) is 42.2. The Kier molecular flexibility index (Phi) is 5.16. The van der Waals surface area contributed by atoms with Gasteiger partial charge in [-0.2, -0.15) is 0 Å². The molecule has 0 aliphatic carbocycles. The molecular weight excluding hydrogens is 368 g/mol. The lowest BCUT2D eigenvalue weighted by molar-refractivity contribution is -0.147. The Morgan fingerprint density at radius 3 is 2.72 bits per heavy atom. The Morgan fingerprint density at radius 1 is 1.14 bits per heavy atom. The first kappa shape index (κ1) is 18.9. The highest BCUT2D eigenvalue weighted by atomic mass is 16.5. The molecule has 1 aromatic heterocycles. The number of nitrogens with one attached hydrogen (secondary N) is 1. The highest BCUT2D eigenvalue weighted by Crippen LogP contribution is 2.29. The van der Waals surface area contributed by atoms with E-state index in [-0.39, 0.29) is 31.3 Å². The zero-order chi connectivity index (χ0) is 20.4. The molecule has 4 rings (SSSR count). The first-order valence-corrected chi connectivity index (χ1v) is 9.72. The van der Waals surface area contributed by atoms with Crippen LogP contribution < -0.4 is 4.90 Å². The number of carbonyl (C=O) groups excluding carboxylic acids is 3. The first-order chi connectivity index (χ1) is 14.1. The van der Waals surface area contributed by atoms with Gasteiger partial charge in [0.05, 0.1) is 5.92 Å². The number of rotatable bonds is 6. The van der Waals surface area contributed by atoms with Crippen LogP contribution in [-0.4, -0.2) is 35.8 Å². The van der Waals surface area contributed by atoms with Gasteiger partial charge in [0.1, 0.15) is 0 Å². The number of hydrogen-bond acceptors (Lipinski definition) is 4. The number of ether oxygens (including phenoxy) is 1. The average molecular weight is 390 g/mol. The van der Waals surface area contributed by atoms with E-state index in [0.29, 0.717) is 5.56 Å². The summed E-state index contributed by atoms with van der Waals surface area (Å²) in [5.74, 6) is -1.45. The van der Waals surface area contributed by atoms with Gasteiger partial charge in [-0.25, -0.2) is 0 Å². The van der Waals surface area contributed by atoms with Crippen LogP contribution in [0, 0.1) is 5.92 Å². The minimum absolute atomic E-state index is 0.0954. The number of para-hydroxylation sites is 2. The second-order valence-electron chi connectivity index (χ2n) is 7.17. The fourth-order valence-corrected chi connectivity index (χ4v) is 3.81. The van der Waals surface area contributed by atoms with E-state index in [4.69, 9.17) is 4.74 Å². The normalized spacial score (nSPS) is 16.4. The van der Waals surface area contributed by atoms with Gasteiger partial charge in [0.2, 0.25) is 11.7 Å². The molecule has 1 saturated heterocycles. The third-order valence-electron chi connectivity index (χ3n) is 5.36. The maximum atomic E-state index is 12.5. The van der Waals surface area contributed by atoms with Crippen molar-refractivity contribution in [2.24, 2.45) is 5.92 Å². The molecule has 2 aromatic carbocycles. The number of ketones is 1. The van der Waals surface area contributed by atoms with E-state index in [2.05, 4.69) is 4.98 Å². The van der Waals surface area contributed by atoms with Gasteiger partial charge in [0, 0.05) is 41.3 Å². The van der Waals surface area contributed by atoms with Gasteiger partial charge >= 0.3 is 5.97 Å². The summed E-state index contributed by atoms with van der Waals surface area (Å²) in [6.45, 7) is 1.97. The lowest BCUT2D eigenvalue weighted by Gasteiger charge is -2.19. The Hall–Kier alpha value is -3.41. The minimum atomic E-state index is -0.566. The van der Waals surface area contributed by atoms with E-state index in [1.807, 2.05) is 55.5 Å². The molecule has 3 aromatic rings. The molecule has 0 unspecified atom stereocenters. The number of hydrogen-bond donors (Lipinski definition) is 1. The van der Waals surface area contributed by atoms with Crippen LogP contribution in [-0.2, 0) is 20.7 Å². The molecule has 2 heterocycles. The van der Waals surface area contributed by atoms with Crippen LogP contribution >= 0.6 is 0 Å². The molecule has 0 spiro atoms. The molecule has 1 N–H and O–H groups in total. The van der Waals surface area contributed by atoms with Crippen LogP contribution in [0.25, 0.3) is 10.9 Å².